The molecule has 1 aromatic heterocycles. The summed E-state index contributed by atoms with van der Waals surface area (Å²) in [7, 11) is 1.62. The highest BCUT2D eigenvalue weighted by atomic mass is 35.5. The first-order valence-corrected chi connectivity index (χ1v) is 12.0. The van der Waals surface area contributed by atoms with Crippen molar-refractivity contribution in [1.82, 2.24) is 9.88 Å². The molecule has 6 heteroatoms. The van der Waals surface area contributed by atoms with Crippen molar-refractivity contribution in [2.45, 2.75) is 57.5 Å². The van der Waals surface area contributed by atoms with Crippen molar-refractivity contribution in [1.29, 1.82) is 0 Å². The Kier molecular flexibility index (Phi) is 7.37. The second kappa shape index (κ2) is 10.0. The van der Waals surface area contributed by atoms with Gasteiger partial charge in [-0.1, -0.05) is 24.4 Å². The van der Waals surface area contributed by atoms with Crippen molar-refractivity contribution in [2.75, 3.05) is 33.4 Å². The van der Waals surface area contributed by atoms with Gasteiger partial charge >= 0.3 is 0 Å². The number of aliphatic hydroxyl groups is 2. The van der Waals surface area contributed by atoms with Crippen LogP contribution in [-0.4, -0.2) is 53.4 Å². The van der Waals surface area contributed by atoms with Gasteiger partial charge in [0.1, 0.15) is 5.75 Å². The molecule has 2 fully saturated rings. The Balaban J connectivity index is 1.41. The van der Waals surface area contributed by atoms with Crippen molar-refractivity contribution >= 4 is 22.5 Å². The monoisotopic (exact) mass is 446 g/mol. The summed E-state index contributed by atoms with van der Waals surface area (Å²) in [6.07, 6.45) is 9.75. The van der Waals surface area contributed by atoms with Gasteiger partial charge in [-0.2, -0.15) is 0 Å². The highest BCUT2D eigenvalue weighted by molar-refractivity contribution is 6.32. The number of aromatic nitrogens is 1. The molecule has 0 radical (unpaired) electrons. The molecule has 5 nitrogen and oxygen atoms in total. The predicted octanol–water partition coefficient (Wildman–Crippen LogP) is 4.98. The maximum atomic E-state index is 11.1. The molecule has 0 amide bonds. The summed E-state index contributed by atoms with van der Waals surface area (Å²) in [5, 5.41) is 22.6. The van der Waals surface area contributed by atoms with Crippen LogP contribution < -0.4 is 4.74 Å². The lowest BCUT2D eigenvalue weighted by atomic mass is 9.74. The van der Waals surface area contributed by atoms with Crippen LogP contribution in [0, 0.1) is 11.3 Å². The molecule has 1 aromatic carbocycles. The van der Waals surface area contributed by atoms with Gasteiger partial charge in [-0.15, -0.1) is 0 Å². The van der Waals surface area contributed by atoms with Gasteiger partial charge in [0.15, 0.2) is 0 Å². The van der Waals surface area contributed by atoms with Crippen LogP contribution in [0.3, 0.4) is 0 Å². The quantitative estimate of drug-likeness (QED) is 0.598. The SMILES string of the molecule is COc1ccc2ncc(Cl)c(C(O)CCC3(CO)CCN(CC4CCCC4)CC3)c2c1. The summed E-state index contributed by atoms with van der Waals surface area (Å²) in [6, 6.07) is 5.63. The van der Waals surface area contributed by atoms with Gasteiger partial charge in [0, 0.05) is 30.3 Å². The Hall–Kier alpha value is -1.40. The molecule has 4 rings (SSSR count). The lowest BCUT2D eigenvalue weighted by molar-refractivity contribution is 0.0197. The number of benzene rings is 1. The maximum absolute atomic E-state index is 11.1. The number of hydrogen-bond acceptors (Lipinski definition) is 5. The number of pyridine rings is 1. The van der Waals surface area contributed by atoms with Crippen LogP contribution in [-0.2, 0) is 0 Å². The fourth-order valence-electron chi connectivity index (χ4n) is 5.48. The Morgan fingerprint density at radius 1 is 1.26 bits per heavy atom. The van der Waals surface area contributed by atoms with Crippen molar-refractivity contribution < 1.29 is 14.9 Å². The Morgan fingerprint density at radius 2 is 2.00 bits per heavy atom. The van der Waals surface area contributed by atoms with Gasteiger partial charge in [0.05, 0.1) is 23.8 Å². The number of fused-ring (bicyclic) bond motifs is 1. The second-order valence-corrected chi connectivity index (χ2v) is 9.97. The van der Waals surface area contributed by atoms with Crippen LogP contribution in [0.2, 0.25) is 5.02 Å². The van der Waals surface area contributed by atoms with E-state index in [-0.39, 0.29) is 12.0 Å². The smallest absolute Gasteiger partial charge is 0.119 e. The average Bonchev–Trinajstić information content (AvgIpc) is 3.31. The first kappa shape index (κ1) is 22.8. The largest absolute Gasteiger partial charge is 0.497 e. The molecule has 2 N–H and O–H groups in total. The summed E-state index contributed by atoms with van der Waals surface area (Å²) in [4.78, 5) is 6.97. The van der Waals surface area contributed by atoms with E-state index < -0.39 is 6.10 Å². The third-order valence-electron chi connectivity index (χ3n) is 7.59. The number of hydrogen-bond donors (Lipinski definition) is 2. The van der Waals surface area contributed by atoms with Crippen LogP contribution >= 0.6 is 11.6 Å². The standard InChI is InChI=1S/C25H35ClN2O3/c1-31-19-6-7-22-20(14-19)24(21(26)15-27-22)23(30)8-9-25(17-29)10-12-28(13-11-25)16-18-4-2-3-5-18/h6-7,14-15,18,23,29-30H,2-5,8-13,16-17H2,1H3. The first-order chi connectivity index (χ1) is 15.0. The number of methoxy groups -OCH3 is 1. The summed E-state index contributed by atoms with van der Waals surface area (Å²) < 4.78 is 5.35. The number of rotatable bonds is 8. The molecule has 1 unspecified atom stereocenters. The topological polar surface area (TPSA) is 65.8 Å². The van der Waals surface area contributed by atoms with E-state index in [0.29, 0.717) is 22.8 Å². The third-order valence-corrected chi connectivity index (χ3v) is 7.89. The van der Waals surface area contributed by atoms with E-state index in [4.69, 9.17) is 16.3 Å². The zero-order chi connectivity index (χ0) is 21.8. The van der Waals surface area contributed by atoms with Crippen molar-refractivity contribution in [3.63, 3.8) is 0 Å². The summed E-state index contributed by atoms with van der Waals surface area (Å²) >= 11 is 6.46. The molecular formula is C25H35ClN2O3. The van der Waals surface area contributed by atoms with E-state index in [9.17, 15) is 10.2 Å². The van der Waals surface area contributed by atoms with Crippen molar-refractivity contribution in [2.24, 2.45) is 11.3 Å². The van der Waals surface area contributed by atoms with E-state index in [1.807, 2.05) is 18.2 Å². The van der Waals surface area contributed by atoms with E-state index in [2.05, 4.69) is 9.88 Å². The molecule has 1 aliphatic carbocycles. The summed E-state index contributed by atoms with van der Waals surface area (Å²) in [6.45, 7) is 3.48. The zero-order valence-electron chi connectivity index (χ0n) is 18.5. The van der Waals surface area contributed by atoms with Crippen LogP contribution in [0.15, 0.2) is 24.4 Å². The summed E-state index contributed by atoms with van der Waals surface area (Å²) in [5.41, 5.74) is 1.38. The molecule has 1 saturated heterocycles. The molecule has 0 bridgehead atoms. The van der Waals surface area contributed by atoms with Gasteiger partial charge in [0.25, 0.3) is 0 Å². The molecule has 1 saturated carbocycles. The van der Waals surface area contributed by atoms with Crippen LogP contribution in [0.4, 0.5) is 0 Å². The number of aliphatic hydroxyl groups excluding tert-OH is 2. The molecular weight excluding hydrogens is 412 g/mol. The van der Waals surface area contributed by atoms with E-state index in [1.54, 1.807) is 13.3 Å². The number of halogens is 1. The number of ether oxygens (including phenoxy) is 1. The van der Waals surface area contributed by atoms with E-state index in [1.165, 1.54) is 32.2 Å². The molecule has 2 aromatic rings. The molecule has 2 aliphatic rings. The Bertz CT molecular complexity index is 876. The maximum Gasteiger partial charge on any atom is 0.119 e. The van der Waals surface area contributed by atoms with Crippen LogP contribution in [0.5, 0.6) is 5.75 Å². The number of piperidine rings is 1. The molecule has 170 valence electrons. The second-order valence-electron chi connectivity index (χ2n) is 9.57. The van der Waals surface area contributed by atoms with Gasteiger partial charge < -0.3 is 19.8 Å². The normalized spacial score (nSPS) is 20.9. The fourth-order valence-corrected chi connectivity index (χ4v) is 5.75. The predicted molar refractivity (Wildman–Crippen MR) is 125 cm³/mol. The molecule has 31 heavy (non-hydrogen) atoms. The molecule has 1 atom stereocenters. The summed E-state index contributed by atoms with van der Waals surface area (Å²) in [5.74, 6) is 1.58. The van der Waals surface area contributed by atoms with E-state index in [0.717, 1.165) is 49.2 Å². The van der Waals surface area contributed by atoms with Gasteiger partial charge in [-0.25, -0.2) is 0 Å². The third kappa shape index (κ3) is 5.16. The molecule has 1 aliphatic heterocycles. The van der Waals surface area contributed by atoms with Crippen molar-refractivity contribution in [3.05, 3.63) is 35.0 Å². The lowest BCUT2D eigenvalue weighted by Gasteiger charge is -2.42. The Labute approximate surface area is 190 Å². The minimum Gasteiger partial charge on any atom is -0.497 e. The molecule has 0 spiro atoms. The number of nitrogens with zero attached hydrogens (tertiary/aromatic N) is 2. The van der Waals surface area contributed by atoms with Crippen molar-refractivity contribution in [3.8, 4) is 5.75 Å². The first-order valence-electron chi connectivity index (χ1n) is 11.7. The van der Waals surface area contributed by atoms with Gasteiger partial charge in [-0.3, -0.25) is 4.98 Å². The fraction of sp³-hybridized carbons (Fsp3) is 0.640. The van der Waals surface area contributed by atoms with Crippen LogP contribution in [0.1, 0.15) is 63.0 Å². The van der Waals surface area contributed by atoms with Gasteiger partial charge in [-0.05, 0) is 81.1 Å². The molecule has 2 heterocycles. The lowest BCUT2D eigenvalue weighted by Crippen LogP contribution is -2.43. The van der Waals surface area contributed by atoms with E-state index >= 15 is 0 Å². The average molecular weight is 447 g/mol. The zero-order valence-corrected chi connectivity index (χ0v) is 19.3. The highest BCUT2D eigenvalue weighted by Crippen LogP contribution is 2.41. The van der Waals surface area contributed by atoms with Crippen LogP contribution in [0.25, 0.3) is 10.9 Å². The Morgan fingerprint density at radius 3 is 2.68 bits per heavy atom. The van der Waals surface area contributed by atoms with Gasteiger partial charge in [0.2, 0.25) is 0 Å². The number of likely N-dealkylation sites (tertiary alicyclic amines) is 1. The highest BCUT2D eigenvalue weighted by Gasteiger charge is 2.35. The minimum absolute atomic E-state index is 0.111. The minimum atomic E-state index is -0.704.